The number of esters is 1. The largest absolute Gasteiger partial charge is 0.423 e. The zero-order valence-electron chi connectivity index (χ0n) is 15.8. The van der Waals surface area contributed by atoms with Crippen molar-refractivity contribution in [2.24, 2.45) is 0 Å². The monoisotopic (exact) mass is 374 g/mol. The first-order valence-corrected chi connectivity index (χ1v) is 9.54. The smallest absolute Gasteiger partial charge is 0.335 e. The highest BCUT2D eigenvalue weighted by molar-refractivity contribution is 5.83. The summed E-state index contributed by atoms with van der Waals surface area (Å²) in [6, 6.07) is 30.9. The molecule has 1 aliphatic rings. The van der Waals surface area contributed by atoms with E-state index in [1.165, 1.54) is 11.3 Å². The summed E-state index contributed by atoms with van der Waals surface area (Å²) in [4.78, 5) is 12.0. The molecule has 2 heteroatoms. The second-order valence-electron chi connectivity index (χ2n) is 6.94. The summed E-state index contributed by atoms with van der Waals surface area (Å²) in [6.45, 7) is 3.54. The molecule has 29 heavy (non-hydrogen) atoms. The number of hydrogen-bond donors (Lipinski definition) is 0. The van der Waals surface area contributed by atoms with Gasteiger partial charge < -0.3 is 4.74 Å². The lowest BCUT2D eigenvalue weighted by Crippen LogP contribution is -2.04. The summed E-state index contributed by atoms with van der Waals surface area (Å²) in [6.07, 6.45) is 1.19. The van der Waals surface area contributed by atoms with Gasteiger partial charge >= 0.3 is 5.97 Å². The van der Waals surface area contributed by atoms with Crippen LogP contribution in [0.25, 0.3) is 0 Å². The van der Waals surface area contributed by atoms with Crippen LogP contribution in [0.4, 0.5) is 0 Å². The number of carbonyl (C=O) groups excluding carboxylic acids is 1. The molecule has 0 unspecified atom stereocenters. The van der Waals surface area contributed by atoms with Gasteiger partial charge in [0.25, 0.3) is 0 Å². The van der Waals surface area contributed by atoms with Crippen molar-refractivity contribution in [1.82, 2.24) is 0 Å². The van der Waals surface area contributed by atoms with Crippen molar-refractivity contribution in [2.75, 3.05) is 0 Å². The van der Waals surface area contributed by atoms with Gasteiger partial charge in [0.2, 0.25) is 0 Å². The van der Waals surface area contributed by atoms with Crippen LogP contribution in [0.5, 0.6) is 5.75 Å². The van der Waals surface area contributed by atoms with E-state index in [0.29, 0.717) is 5.75 Å². The van der Waals surface area contributed by atoms with Crippen molar-refractivity contribution in [3.63, 3.8) is 0 Å². The fourth-order valence-corrected chi connectivity index (χ4v) is 4.11. The van der Waals surface area contributed by atoms with Crippen LogP contribution in [0.3, 0.4) is 0 Å². The quantitative estimate of drug-likeness (QED) is 0.240. The molecule has 0 N–H and O–H groups in total. The molecule has 0 spiro atoms. The Hall–Kier alpha value is -3.91. The number of rotatable bonds is 2. The minimum atomic E-state index is -0.466. The molecular formula is C27H18O2. The molecule has 2 nitrogen and oxygen atoms in total. The summed E-state index contributed by atoms with van der Waals surface area (Å²) in [5, 5.41) is 8.72. The third-order valence-electron chi connectivity index (χ3n) is 5.32. The Morgan fingerprint density at radius 2 is 1.00 bits per heavy atom. The maximum absolute atomic E-state index is 12.0. The standard InChI is InChI=1S/C27H18O2/c1-2-26(28)29-25-17-9-16-24-22-13-6-5-12-20(22)18-10-3-4-11-19(18)21-14-7-8-15-23(21)27(24)25/h2-17H,1H2/b20-18-,21-19-,24-22-,27-23+. The lowest BCUT2D eigenvalue weighted by atomic mass is 10.0. The van der Waals surface area contributed by atoms with Gasteiger partial charge in [-0.25, -0.2) is 4.79 Å². The highest BCUT2D eigenvalue weighted by atomic mass is 16.5. The summed E-state index contributed by atoms with van der Waals surface area (Å²) >= 11 is 0. The first-order valence-electron chi connectivity index (χ1n) is 9.54. The molecule has 1 aliphatic carbocycles. The summed E-state index contributed by atoms with van der Waals surface area (Å²) in [7, 11) is 0. The van der Waals surface area contributed by atoms with E-state index >= 15 is 0 Å². The average Bonchev–Trinajstić information content (AvgIpc) is 2.78. The van der Waals surface area contributed by atoms with Crippen molar-refractivity contribution < 1.29 is 9.53 Å². The Morgan fingerprint density at radius 3 is 1.52 bits per heavy atom. The predicted molar refractivity (Wildman–Crippen MR) is 112 cm³/mol. The zero-order valence-corrected chi connectivity index (χ0v) is 15.8. The molecule has 0 heterocycles. The lowest BCUT2D eigenvalue weighted by Gasteiger charge is -2.07. The van der Waals surface area contributed by atoms with Crippen LogP contribution in [0, 0.1) is 41.7 Å². The maximum Gasteiger partial charge on any atom is 0.335 e. The van der Waals surface area contributed by atoms with Crippen LogP contribution in [0.2, 0.25) is 0 Å². The Labute approximate surface area is 167 Å². The van der Waals surface area contributed by atoms with E-state index in [9.17, 15) is 4.79 Å². The average molecular weight is 374 g/mol. The van der Waals surface area contributed by atoms with Crippen molar-refractivity contribution >= 4 is 5.97 Å². The fraction of sp³-hybridized carbons (Fsp3) is 0. The molecule has 0 aliphatic heterocycles. The molecule has 0 bridgehead atoms. The first kappa shape index (κ1) is 17.2. The molecule has 138 valence electrons. The third kappa shape index (κ3) is 2.77. The summed E-state index contributed by atoms with van der Waals surface area (Å²) in [5.74, 6) is 0.0701. The number of carbonyl (C=O) groups is 1. The predicted octanol–water partition coefficient (Wildman–Crippen LogP) is 5.24. The van der Waals surface area contributed by atoms with Gasteiger partial charge in [-0.3, -0.25) is 0 Å². The molecule has 0 radical (unpaired) electrons. The maximum atomic E-state index is 12.0. The first-order chi connectivity index (χ1) is 14.3. The SMILES string of the molecule is C=CC(=O)Oc1cccc2/c1=c1/cccc/c1=c1\cccc\c1=c1/cccc/c1=2. The molecule has 0 saturated carbocycles. The molecule has 0 fully saturated rings. The van der Waals surface area contributed by atoms with E-state index in [1.807, 2.05) is 30.3 Å². The Bertz CT molecular complexity index is 1660. The molecule has 0 saturated heterocycles. The van der Waals surface area contributed by atoms with Crippen molar-refractivity contribution in [3.05, 3.63) is 145 Å². The molecule has 4 aromatic carbocycles. The molecule has 0 amide bonds. The molecule has 4 aromatic rings. The second kappa shape index (κ2) is 6.92. The lowest BCUT2D eigenvalue weighted by molar-refractivity contribution is -0.129. The van der Waals surface area contributed by atoms with Gasteiger partial charge in [-0.1, -0.05) is 91.5 Å². The minimum absolute atomic E-state index is 0.466. The van der Waals surface area contributed by atoms with Crippen molar-refractivity contribution in [2.45, 2.75) is 0 Å². The van der Waals surface area contributed by atoms with E-state index < -0.39 is 5.97 Å². The summed E-state index contributed by atoms with van der Waals surface area (Å²) in [5.41, 5.74) is 0. The second-order valence-corrected chi connectivity index (χ2v) is 6.94. The van der Waals surface area contributed by atoms with E-state index in [-0.39, 0.29) is 0 Å². The van der Waals surface area contributed by atoms with Crippen LogP contribution in [0.15, 0.2) is 104 Å². The highest BCUT2D eigenvalue weighted by Crippen LogP contribution is 2.20. The van der Waals surface area contributed by atoms with Gasteiger partial charge in [-0.2, -0.15) is 0 Å². The van der Waals surface area contributed by atoms with E-state index in [1.54, 1.807) is 0 Å². The van der Waals surface area contributed by atoms with Crippen LogP contribution >= 0.6 is 0 Å². The number of hydrogen-bond acceptors (Lipinski definition) is 2. The molecule has 0 atom stereocenters. The number of ether oxygens (including phenoxy) is 1. The third-order valence-corrected chi connectivity index (χ3v) is 5.32. The van der Waals surface area contributed by atoms with E-state index in [2.05, 4.69) is 67.2 Å². The van der Waals surface area contributed by atoms with Gasteiger partial charge in [0, 0.05) is 11.3 Å². The topological polar surface area (TPSA) is 26.3 Å². The van der Waals surface area contributed by atoms with Gasteiger partial charge in [0.1, 0.15) is 5.75 Å². The Morgan fingerprint density at radius 1 is 0.586 bits per heavy atom. The van der Waals surface area contributed by atoms with Crippen LogP contribution < -0.4 is 4.74 Å². The van der Waals surface area contributed by atoms with Crippen LogP contribution in [-0.4, -0.2) is 5.97 Å². The number of fused-ring (bicyclic) bond motifs is 4. The van der Waals surface area contributed by atoms with Gasteiger partial charge in [-0.05, 0) is 42.6 Å². The Kier molecular flexibility index (Phi) is 4.10. The molecule has 5 rings (SSSR count). The Balaban J connectivity index is 2.30. The van der Waals surface area contributed by atoms with E-state index in [4.69, 9.17) is 4.74 Å². The van der Waals surface area contributed by atoms with Gasteiger partial charge in [0.05, 0.1) is 0 Å². The fourth-order valence-electron chi connectivity index (χ4n) is 4.11. The van der Waals surface area contributed by atoms with Gasteiger partial charge in [0.15, 0.2) is 0 Å². The highest BCUT2D eigenvalue weighted by Gasteiger charge is 2.07. The normalized spacial score (nSPS) is 16.0. The number of benzene rings is 4. The zero-order chi connectivity index (χ0) is 19.8. The van der Waals surface area contributed by atoms with Crippen LogP contribution in [-0.2, 0) is 4.79 Å². The van der Waals surface area contributed by atoms with E-state index in [0.717, 1.165) is 36.5 Å². The van der Waals surface area contributed by atoms with Gasteiger partial charge in [-0.15, -0.1) is 0 Å². The minimum Gasteiger partial charge on any atom is -0.423 e. The van der Waals surface area contributed by atoms with Crippen molar-refractivity contribution in [3.8, 4) is 5.75 Å². The molecule has 0 aromatic heterocycles. The van der Waals surface area contributed by atoms with Crippen molar-refractivity contribution in [1.29, 1.82) is 0 Å². The molecular weight excluding hydrogens is 356 g/mol. The summed E-state index contributed by atoms with van der Waals surface area (Å²) < 4.78 is 5.66. The van der Waals surface area contributed by atoms with Crippen LogP contribution in [0.1, 0.15) is 0 Å².